The van der Waals surface area contributed by atoms with Crippen molar-refractivity contribution in [3.05, 3.63) is 59.7 Å². The van der Waals surface area contributed by atoms with E-state index in [0.29, 0.717) is 11.4 Å². The molecule has 0 radical (unpaired) electrons. The van der Waals surface area contributed by atoms with E-state index in [9.17, 15) is 9.59 Å². The fraction of sp³-hybridized carbons (Fsp3) is 0.300. The molecule has 0 fully saturated rings. The molecule has 1 atom stereocenters. The third kappa shape index (κ3) is 5.64. The fourth-order valence-electron chi connectivity index (χ4n) is 2.50. The number of carbonyl (C=O) groups excluding carboxylic acids is 2. The molecule has 2 amide bonds. The van der Waals surface area contributed by atoms with E-state index in [1.54, 1.807) is 13.2 Å². The van der Waals surface area contributed by atoms with E-state index < -0.39 is 0 Å². The molecule has 2 aromatic rings. The van der Waals surface area contributed by atoms with Gasteiger partial charge >= 0.3 is 0 Å². The van der Waals surface area contributed by atoms with Gasteiger partial charge in [0.05, 0.1) is 18.8 Å². The normalized spacial score (nSPS) is 11.5. The van der Waals surface area contributed by atoms with Crippen LogP contribution >= 0.6 is 0 Å². The average Bonchev–Trinajstić information content (AvgIpc) is 2.61. The highest BCUT2D eigenvalue weighted by molar-refractivity contribution is 5.94. The largest absolute Gasteiger partial charge is 0.495 e. The quantitative estimate of drug-likeness (QED) is 0.809. The molecule has 5 heteroatoms. The molecule has 5 nitrogen and oxygen atoms in total. The van der Waals surface area contributed by atoms with E-state index in [0.717, 1.165) is 11.1 Å². The molecule has 0 aliphatic carbocycles. The first-order valence-electron chi connectivity index (χ1n) is 8.28. The SMILES string of the molecule is COc1ccc(C)cc1NC(=O)CCC(=O)N[C@H](C)c1ccccc1. The van der Waals surface area contributed by atoms with E-state index >= 15 is 0 Å². The van der Waals surface area contributed by atoms with Gasteiger partial charge < -0.3 is 15.4 Å². The molecule has 2 rings (SSSR count). The molecule has 25 heavy (non-hydrogen) atoms. The molecule has 0 saturated heterocycles. The van der Waals surface area contributed by atoms with E-state index in [1.165, 1.54) is 0 Å². The zero-order chi connectivity index (χ0) is 18.2. The number of ether oxygens (including phenoxy) is 1. The summed E-state index contributed by atoms with van der Waals surface area (Å²) in [6.45, 7) is 3.86. The van der Waals surface area contributed by atoms with Crippen LogP contribution in [-0.2, 0) is 9.59 Å². The van der Waals surface area contributed by atoms with E-state index in [1.807, 2.05) is 56.3 Å². The van der Waals surface area contributed by atoms with Gasteiger partial charge in [0, 0.05) is 12.8 Å². The first kappa shape index (κ1) is 18.5. The monoisotopic (exact) mass is 340 g/mol. The molecule has 0 aliphatic rings. The Morgan fingerprint density at radius 1 is 1.04 bits per heavy atom. The molecule has 0 saturated carbocycles. The number of rotatable bonds is 7. The molecule has 0 aliphatic heterocycles. The van der Waals surface area contributed by atoms with Crippen molar-refractivity contribution in [3.8, 4) is 5.75 Å². The van der Waals surface area contributed by atoms with Gasteiger partial charge in [-0.15, -0.1) is 0 Å². The number of hydrogen-bond acceptors (Lipinski definition) is 3. The van der Waals surface area contributed by atoms with Crippen LogP contribution in [0, 0.1) is 6.92 Å². The van der Waals surface area contributed by atoms with Crippen LogP contribution in [0.3, 0.4) is 0 Å². The van der Waals surface area contributed by atoms with E-state index in [2.05, 4.69) is 10.6 Å². The van der Waals surface area contributed by atoms with Crippen molar-refractivity contribution in [2.45, 2.75) is 32.7 Å². The second kappa shape index (κ2) is 8.87. The number of aryl methyl sites for hydroxylation is 1. The number of hydrogen-bond donors (Lipinski definition) is 2. The highest BCUT2D eigenvalue weighted by Gasteiger charge is 2.12. The van der Waals surface area contributed by atoms with Crippen molar-refractivity contribution in [1.82, 2.24) is 5.32 Å². The summed E-state index contributed by atoms with van der Waals surface area (Å²) in [5.41, 5.74) is 2.67. The van der Waals surface area contributed by atoms with Crippen LogP contribution in [0.5, 0.6) is 5.75 Å². The molecular formula is C20H24N2O3. The third-order valence-electron chi connectivity index (χ3n) is 3.89. The van der Waals surface area contributed by atoms with Gasteiger partial charge in [0.2, 0.25) is 11.8 Å². The van der Waals surface area contributed by atoms with E-state index in [-0.39, 0.29) is 30.7 Å². The van der Waals surface area contributed by atoms with Gasteiger partial charge in [-0.25, -0.2) is 0 Å². The molecule has 0 aromatic heterocycles. The van der Waals surface area contributed by atoms with Gasteiger partial charge in [0.1, 0.15) is 5.75 Å². The van der Waals surface area contributed by atoms with Crippen LogP contribution in [-0.4, -0.2) is 18.9 Å². The first-order valence-corrected chi connectivity index (χ1v) is 8.28. The molecule has 0 bridgehead atoms. The Balaban J connectivity index is 1.83. The average molecular weight is 340 g/mol. The van der Waals surface area contributed by atoms with Gasteiger partial charge in [0.25, 0.3) is 0 Å². The predicted octanol–water partition coefficient (Wildman–Crippen LogP) is 3.60. The van der Waals surface area contributed by atoms with Crippen molar-refractivity contribution in [3.63, 3.8) is 0 Å². The lowest BCUT2D eigenvalue weighted by Gasteiger charge is -2.14. The molecule has 132 valence electrons. The van der Waals surface area contributed by atoms with Gasteiger partial charge in [0.15, 0.2) is 0 Å². The Morgan fingerprint density at radius 2 is 1.72 bits per heavy atom. The molecule has 2 N–H and O–H groups in total. The predicted molar refractivity (Wildman–Crippen MR) is 98.6 cm³/mol. The van der Waals surface area contributed by atoms with Crippen molar-refractivity contribution in [2.75, 3.05) is 12.4 Å². The highest BCUT2D eigenvalue weighted by atomic mass is 16.5. The Bertz CT molecular complexity index is 729. The van der Waals surface area contributed by atoms with Gasteiger partial charge in [-0.2, -0.15) is 0 Å². The second-order valence-corrected chi connectivity index (χ2v) is 5.95. The van der Waals surface area contributed by atoms with Crippen LogP contribution in [0.15, 0.2) is 48.5 Å². The van der Waals surface area contributed by atoms with Crippen LogP contribution < -0.4 is 15.4 Å². The summed E-state index contributed by atoms with van der Waals surface area (Å²) in [6.07, 6.45) is 0.252. The topological polar surface area (TPSA) is 67.4 Å². The molecule has 0 heterocycles. The zero-order valence-electron chi connectivity index (χ0n) is 14.8. The number of anilines is 1. The summed E-state index contributed by atoms with van der Waals surface area (Å²) in [4.78, 5) is 24.2. The van der Waals surface area contributed by atoms with Crippen LogP contribution in [0.25, 0.3) is 0 Å². The summed E-state index contributed by atoms with van der Waals surface area (Å²) in [5.74, 6) is 0.232. The summed E-state index contributed by atoms with van der Waals surface area (Å²) in [7, 11) is 1.55. The Labute approximate surface area is 148 Å². The summed E-state index contributed by atoms with van der Waals surface area (Å²) >= 11 is 0. The number of methoxy groups -OCH3 is 1. The number of amides is 2. The van der Waals surface area contributed by atoms with E-state index in [4.69, 9.17) is 4.74 Å². The summed E-state index contributed by atoms with van der Waals surface area (Å²) in [6, 6.07) is 15.2. The molecule has 0 spiro atoms. The lowest BCUT2D eigenvalue weighted by molar-refractivity contribution is -0.124. The van der Waals surface area contributed by atoms with Gasteiger partial charge in [-0.3, -0.25) is 9.59 Å². The molecule has 0 unspecified atom stereocenters. The van der Waals surface area contributed by atoms with Crippen LogP contribution in [0.4, 0.5) is 5.69 Å². The minimum absolute atomic E-state index is 0.0892. The van der Waals surface area contributed by atoms with Crippen molar-refractivity contribution in [2.24, 2.45) is 0 Å². The second-order valence-electron chi connectivity index (χ2n) is 5.95. The first-order chi connectivity index (χ1) is 12.0. The maximum atomic E-state index is 12.1. The standard InChI is InChI=1S/C20H24N2O3/c1-14-9-10-18(25-3)17(13-14)22-20(24)12-11-19(23)21-15(2)16-7-5-4-6-8-16/h4-10,13,15H,11-12H2,1-3H3,(H,21,23)(H,22,24)/t15-/m1/s1. The smallest absolute Gasteiger partial charge is 0.224 e. The Hall–Kier alpha value is -2.82. The summed E-state index contributed by atoms with van der Waals surface area (Å²) < 4.78 is 5.23. The number of benzene rings is 2. The number of nitrogens with one attached hydrogen (secondary N) is 2. The zero-order valence-corrected chi connectivity index (χ0v) is 14.8. The van der Waals surface area contributed by atoms with Crippen LogP contribution in [0.1, 0.15) is 36.9 Å². The lowest BCUT2D eigenvalue weighted by Crippen LogP contribution is -2.27. The maximum Gasteiger partial charge on any atom is 0.224 e. The third-order valence-corrected chi connectivity index (χ3v) is 3.89. The number of carbonyl (C=O) groups is 2. The van der Waals surface area contributed by atoms with Gasteiger partial charge in [-0.05, 0) is 37.1 Å². The Morgan fingerprint density at radius 3 is 2.40 bits per heavy atom. The Kier molecular flexibility index (Phi) is 6.57. The minimum Gasteiger partial charge on any atom is -0.495 e. The molecule has 2 aromatic carbocycles. The molecular weight excluding hydrogens is 316 g/mol. The highest BCUT2D eigenvalue weighted by Crippen LogP contribution is 2.25. The maximum absolute atomic E-state index is 12.1. The lowest BCUT2D eigenvalue weighted by atomic mass is 10.1. The minimum atomic E-state index is -0.216. The van der Waals surface area contributed by atoms with Crippen molar-refractivity contribution < 1.29 is 14.3 Å². The van der Waals surface area contributed by atoms with Gasteiger partial charge in [-0.1, -0.05) is 36.4 Å². The van der Waals surface area contributed by atoms with Crippen molar-refractivity contribution in [1.29, 1.82) is 0 Å². The van der Waals surface area contributed by atoms with Crippen LogP contribution in [0.2, 0.25) is 0 Å². The summed E-state index contributed by atoms with van der Waals surface area (Å²) in [5, 5.41) is 5.70. The fourth-order valence-corrected chi connectivity index (χ4v) is 2.50. The van der Waals surface area contributed by atoms with Crippen molar-refractivity contribution >= 4 is 17.5 Å².